The van der Waals surface area contributed by atoms with E-state index in [4.69, 9.17) is 79.3 Å². The summed E-state index contributed by atoms with van der Waals surface area (Å²) in [5.41, 5.74) is 14.3. The molecule has 5 N–H and O–H groups in total. The molecule has 0 fully saturated rings. The summed E-state index contributed by atoms with van der Waals surface area (Å²) >= 11 is 29.7. The lowest BCUT2D eigenvalue weighted by Crippen LogP contribution is -2.08. The molecule has 48 heavy (non-hydrogen) atoms. The fourth-order valence-corrected chi connectivity index (χ4v) is 5.68. The Morgan fingerprint density at radius 3 is 1.58 bits per heavy atom. The average Bonchev–Trinajstić information content (AvgIpc) is 3.64. The van der Waals surface area contributed by atoms with Gasteiger partial charge in [-0.2, -0.15) is 0 Å². The van der Waals surface area contributed by atoms with Crippen molar-refractivity contribution in [2.45, 2.75) is 25.6 Å². The van der Waals surface area contributed by atoms with Crippen molar-refractivity contribution < 1.29 is 9.84 Å². The number of nitrogens with zero attached hydrogens (tertiary/aromatic N) is 4. The summed E-state index contributed by atoms with van der Waals surface area (Å²) in [5.74, 6) is 2.96. The number of nitrogen functional groups attached to an aromatic ring is 2. The van der Waals surface area contributed by atoms with Gasteiger partial charge >= 0.3 is 0 Å². The van der Waals surface area contributed by atoms with E-state index in [1.807, 2.05) is 64.0 Å². The number of ether oxygens (including phenoxy) is 1. The molecule has 0 bridgehead atoms. The molecule has 4 aromatic carbocycles. The zero-order valence-electron chi connectivity index (χ0n) is 25.3. The van der Waals surface area contributed by atoms with Crippen LogP contribution >= 0.6 is 70.4 Å². The third-order valence-electron chi connectivity index (χ3n) is 6.37. The summed E-state index contributed by atoms with van der Waals surface area (Å²) in [4.78, 5) is 8.48. The van der Waals surface area contributed by atoms with Crippen LogP contribution in [-0.2, 0) is 25.6 Å². The second-order valence-corrected chi connectivity index (χ2v) is 12.1. The number of phenols is 1. The first-order valence-electron chi connectivity index (χ1n) is 14.1. The van der Waals surface area contributed by atoms with Crippen molar-refractivity contribution in [2.24, 2.45) is 0 Å². The Labute approximate surface area is 310 Å². The van der Waals surface area contributed by atoms with Crippen LogP contribution in [0, 0.1) is 0 Å². The van der Waals surface area contributed by atoms with Gasteiger partial charge in [0, 0.05) is 81.5 Å². The normalized spacial score (nSPS) is 10.2. The minimum absolute atomic E-state index is 0. The number of imidazole rings is 2. The van der Waals surface area contributed by atoms with Gasteiger partial charge in [0.1, 0.15) is 29.8 Å². The number of rotatable bonds is 8. The number of aromatic nitrogens is 4. The van der Waals surface area contributed by atoms with Crippen molar-refractivity contribution >= 4 is 81.8 Å². The van der Waals surface area contributed by atoms with Crippen LogP contribution in [0.25, 0.3) is 0 Å². The Kier molecular flexibility index (Phi) is 15.5. The van der Waals surface area contributed by atoms with Crippen molar-refractivity contribution in [1.29, 1.82) is 0 Å². The largest absolute Gasteiger partial charge is 0.508 e. The molecule has 0 radical (unpaired) electrons. The van der Waals surface area contributed by atoms with Crippen molar-refractivity contribution in [3.63, 3.8) is 0 Å². The molecule has 0 unspecified atom stereocenters. The van der Waals surface area contributed by atoms with Gasteiger partial charge in [0.05, 0.1) is 5.88 Å². The summed E-state index contributed by atoms with van der Waals surface area (Å²) in [6.07, 6.45) is 7.24. The third kappa shape index (κ3) is 12.7. The molecule has 2 aromatic heterocycles. The van der Waals surface area contributed by atoms with Gasteiger partial charge in [0.25, 0.3) is 0 Å². The van der Waals surface area contributed by atoms with E-state index in [9.17, 15) is 0 Å². The average molecular weight is 769 g/mol. The zero-order chi connectivity index (χ0) is 33.8. The van der Waals surface area contributed by atoms with Crippen LogP contribution < -0.4 is 16.2 Å². The molecule has 0 saturated carbocycles. The summed E-state index contributed by atoms with van der Waals surface area (Å²) in [6.45, 7) is 1.64. The van der Waals surface area contributed by atoms with Gasteiger partial charge in [-0.25, -0.2) is 9.97 Å². The highest BCUT2D eigenvalue weighted by atomic mass is 35.5. The van der Waals surface area contributed by atoms with E-state index < -0.39 is 0 Å². The van der Waals surface area contributed by atoms with Gasteiger partial charge in [0.15, 0.2) is 0 Å². The molecular formula is C34H32Cl6N6O2. The molecule has 0 atom stereocenters. The first kappa shape index (κ1) is 38.7. The fourth-order valence-electron chi connectivity index (χ4n) is 4.31. The number of alkyl halides is 1. The second-order valence-electron chi connectivity index (χ2n) is 10.1. The van der Waals surface area contributed by atoms with Crippen molar-refractivity contribution in [3.8, 4) is 11.5 Å². The molecule has 6 rings (SSSR count). The maximum atomic E-state index is 8.73. The van der Waals surface area contributed by atoms with E-state index >= 15 is 0 Å². The lowest BCUT2D eigenvalue weighted by atomic mass is 10.2. The topological polar surface area (TPSA) is 117 Å². The molecule has 14 heteroatoms. The summed E-state index contributed by atoms with van der Waals surface area (Å²) in [6, 6.07) is 24.8. The van der Waals surface area contributed by atoms with E-state index in [1.54, 1.807) is 48.8 Å². The minimum Gasteiger partial charge on any atom is -0.508 e. The van der Waals surface area contributed by atoms with Crippen LogP contribution in [-0.4, -0.2) is 24.2 Å². The molecular weight excluding hydrogens is 737 g/mol. The van der Waals surface area contributed by atoms with E-state index in [1.165, 1.54) is 6.07 Å². The van der Waals surface area contributed by atoms with Gasteiger partial charge in [-0.15, -0.1) is 24.0 Å². The molecule has 0 amide bonds. The molecule has 0 aliphatic rings. The van der Waals surface area contributed by atoms with Crippen LogP contribution in [0.4, 0.5) is 11.4 Å². The molecule has 0 aliphatic heterocycles. The highest BCUT2D eigenvalue weighted by molar-refractivity contribution is 6.35. The number of hydrogen-bond acceptors (Lipinski definition) is 6. The number of aromatic hydroxyl groups is 1. The first-order chi connectivity index (χ1) is 22.6. The van der Waals surface area contributed by atoms with Crippen LogP contribution in [0.1, 0.15) is 22.8 Å². The summed E-state index contributed by atoms with van der Waals surface area (Å²) in [5, 5.41) is 11.2. The van der Waals surface area contributed by atoms with Crippen LogP contribution in [0.3, 0.4) is 0 Å². The van der Waals surface area contributed by atoms with Crippen LogP contribution in [0.15, 0.2) is 110 Å². The molecule has 0 aliphatic carbocycles. The van der Waals surface area contributed by atoms with E-state index in [2.05, 4.69) is 9.97 Å². The smallest absolute Gasteiger partial charge is 0.147 e. The number of halogens is 6. The van der Waals surface area contributed by atoms with Crippen LogP contribution in [0.5, 0.6) is 11.5 Å². The van der Waals surface area contributed by atoms with Crippen molar-refractivity contribution in [3.05, 3.63) is 153 Å². The van der Waals surface area contributed by atoms with Crippen molar-refractivity contribution in [2.75, 3.05) is 11.5 Å². The Bertz CT molecular complexity index is 1840. The lowest BCUT2D eigenvalue weighted by molar-refractivity contribution is 0.290. The Balaban J connectivity index is 0.000000216. The minimum atomic E-state index is 0. The summed E-state index contributed by atoms with van der Waals surface area (Å²) in [7, 11) is 0. The van der Waals surface area contributed by atoms with Gasteiger partial charge in [-0.05, 0) is 71.8 Å². The monoisotopic (exact) mass is 766 g/mol. The lowest BCUT2D eigenvalue weighted by Gasteiger charge is -2.10. The quantitative estimate of drug-likeness (QED) is 0.105. The number of anilines is 2. The fraction of sp³-hybridized carbons (Fsp3) is 0.118. The Hall–Kier alpha value is -3.76. The number of phenolic OH excluding ortho intramolecular Hbond substituents is 1. The molecule has 0 saturated heterocycles. The first-order valence-corrected chi connectivity index (χ1v) is 16.1. The van der Waals surface area contributed by atoms with Gasteiger partial charge < -0.3 is 30.4 Å². The van der Waals surface area contributed by atoms with Gasteiger partial charge in [0.2, 0.25) is 0 Å². The SMILES string of the molecule is Cl.ClCc1nccn1Cc1cc(Cl)cc(Cl)c1.Nc1cccc(O)c1.Nc1cccc(OCc2nccn2Cc2cc(Cl)cc(Cl)c2)c1. The van der Waals surface area contributed by atoms with Crippen molar-refractivity contribution in [1.82, 2.24) is 19.1 Å². The van der Waals surface area contributed by atoms with E-state index in [0.29, 0.717) is 62.8 Å². The molecule has 8 nitrogen and oxygen atoms in total. The van der Waals surface area contributed by atoms with E-state index in [-0.39, 0.29) is 18.2 Å². The van der Waals surface area contributed by atoms with Crippen LogP contribution in [0.2, 0.25) is 20.1 Å². The highest BCUT2D eigenvalue weighted by Crippen LogP contribution is 2.22. The Morgan fingerprint density at radius 1 is 0.646 bits per heavy atom. The third-order valence-corrected chi connectivity index (χ3v) is 7.48. The summed E-state index contributed by atoms with van der Waals surface area (Å²) < 4.78 is 9.70. The predicted molar refractivity (Wildman–Crippen MR) is 200 cm³/mol. The highest BCUT2D eigenvalue weighted by Gasteiger charge is 2.07. The molecule has 6 aromatic rings. The van der Waals surface area contributed by atoms with Gasteiger partial charge in [-0.1, -0.05) is 58.5 Å². The molecule has 252 valence electrons. The zero-order valence-corrected chi connectivity index (χ0v) is 29.9. The number of nitrogens with two attached hydrogens (primary N) is 2. The maximum absolute atomic E-state index is 8.73. The molecule has 2 heterocycles. The number of benzene rings is 4. The Morgan fingerprint density at radius 2 is 1.12 bits per heavy atom. The standard InChI is InChI=1S/C17H15Cl2N3O.C11H9Cl3N2.C6H7NO.ClH/c18-13-6-12(7-14(19)8-13)10-22-5-4-21-17(22)11-23-16-3-1-2-15(20)9-16;12-6-11-15-1-2-16(11)7-8-3-9(13)5-10(14)4-8;7-5-2-1-3-6(8)4-5;/h1-9H,10-11,20H2;1-5H,6-7H2;1-4,8H,7H2;1H. The molecule has 0 spiro atoms. The van der Waals surface area contributed by atoms with Gasteiger partial charge in [-0.3, -0.25) is 0 Å². The number of hydrogen-bond donors (Lipinski definition) is 3. The van der Waals surface area contributed by atoms with E-state index in [0.717, 1.165) is 22.8 Å². The predicted octanol–water partition coefficient (Wildman–Crippen LogP) is 9.77. The second kappa shape index (κ2) is 19.3. The maximum Gasteiger partial charge on any atom is 0.147 e.